The molecule has 0 saturated heterocycles. The molecule has 9 heteroatoms. The van der Waals surface area contributed by atoms with Crippen molar-refractivity contribution in [2.24, 2.45) is 5.92 Å². The molecule has 1 heterocycles. The number of furan rings is 1. The molecule has 0 aliphatic heterocycles. The zero-order chi connectivity index (χ0) is 16.9. The second-order valence-electron chi connectivity index (χ2n) is 5.35. The Kier molecular flexibility index (Phi) is 6.12. The number of sulfonamides is 1. The summed E-state index contributed by atoms with van der Waals surface area (Å²) in [6.45, 7) is 3.62. The van der Waals surface area contributed by atoms with Crippen LogP contribution in [0.3, 0.4) is 0 Å². The van der Waals surface area contributed by atoms with Crippen molar-refractivity contribution in [3.05, 3.63) is 23.7 Å². The number of rotatable bonds is 8. The fourth-order valence-corrected chi connectivity index (χ4v) is 2.12. The summed E-state index contributed by atoms with van der Waals surface area (Å²) < 4.78 is 29.4. The molecular formula is C13H20N2O6S. The Hall–Kier alpha value is -1.87. The van der Waals surface area contributed by atoms with E-state index in [0.717, 1.165) is 6.26 Å². The summed E-state index contributed by atoms with van der Waals surface area (Å²) in [5.41, 5.74) is 0. The van der Waals surface area contributed by atoms with E-state index in [0.29, 0.717) is 6.42 Å². The van der Waals surface area contributed by atoms with Gasteiger partial charge in [0.1, 0.15) is 11.8 Å². The van der Waals surface area contributed by atoms with Crippen molar-refractivity contribution >= 4 is 21.9 Å². The molecule has 0 aliphatic rings. The monoisotopic (exact) mass is 332 g/mol. The van der Waals surface area contributed by atoms with Gasteiger partial charge in [-0.15, -0.1) is 0 Å². The first kappa shape index (κ1) is 18.2. The van der Waals surface area contributed by atoms with Crippen LogP contribution in [0.4, 0.5) is 0 Å². The van der Waals surface area contributed by atoms with E-state index in [4.69, 9.17) is 9.52 Å². The van der Waals surface area contributed by atoms with Gasteiger partial charge in [0, 0.05) is 0 Å². The van der Waals surface area contributed by atoms with E-state index in [-0.39, 0.29) is 24.0 Å². The average molecular weight is 332 g/mol. The molecule has 0 radical (unpaired) electrons. The van der Waals surface area contributed by atoms with Gasteiger partial charge in [0.05, 0.1) is 12.8 Å². The number of hydrogen-bond acceptors (Lipinski definition) is 5. The first-order chi connectivity index (χ1) is 10.1. The molecule has 22 heavy (non-hydrogen) atoms. The van der Waals surface area contributed by atoms with Crippen LogP contribution < -0.4 is 10.0 Å². The summed E-state index contributed by atoms with van der Waals surface area (Å²) in [4.78, 5) is 23.0. The van der Waals surface area contributed by atoms with Crippen LogP contribution in [-0.2, 0) is 21.4 Å². The molecule has 0 saturated carbocycles. The van der Waals surface area contributed by atoms with Crippen molar-refractivity contribution in [1.29, 1.82) is 0 Å². The second-order valence-corrected chi connectivity index (χ2v) is 7.19. The molecule has 1 aromatic rings. The fourth-order valence-electron chi connectivity index (χ4n) is 1.72. The number of nitrogens with one attached hydrogen (secondary N) is 2. The van der Waals surface area contributed by atoms with Gasteiger partial charge in [-0.25, -0.2) is 17.9 Å². The van der Waals surface area contributed by atoms with E-state index in [2.05, 4.69) is 10.0 Å². The van der Waals surface area contributed by atoms with Crippen molar-refractivity contribution in [2.75, 3.05) is 6.26 Å². The third-order valence-electron chi connectivity index (χ3n) is 2.70. The minimum absolute atomic E-state index is 0.0692. The van der Waals surface area contributed by atoms with Gasteiger partial charge in [-0.05, 0) is 24.5 Å². The molecular weight excluding hydrogens is 312 g/mol. The number of aliphatic carboxylic acids is 1. The normalized spacial score (nSPS) is 13.1. The molecule has 1 amide bonds. The van der Waals surface area contributed by atoms with Crippen LogP contribution in [0.2, 0.25) is 0 Å². The van der Waals surface area contributed by atoms with E-state index in [9.17, 15) is 18.0 Å². The number of carbonyl (C=O) groups excluding carboxylic acids is 1. The predicted molar refractivity (Wildman–Crippen MR) is 78.7 cm³/mol. The van der Waals surface area contributed by atoms with Gasteiger partial charge in [-0.3, -0.25) is 4.79 Å². The Morgan fingerprint density at radius 3 is 2.45 bits per heavy atom. The number of hydrogen-bond donors (Lipinski definition) is 3. The van der Waals surface area contributed by atoms with Crippen LogP contribution in [0.15, 0.2) is 16.5 Å². The van der Waals surface area contributed by atoms with E-state index < -0.39 is 27.9 Å². The maximum absolute atomic E-state index is 11.9. The smallest absolute Gasteiger partial charge is 0.326 e. The van der Waals surface area contributed by atoms with E-state index in [1.54, 1.807) is 0 Å². The molecule has 0 bridgehead atoms. The van der Waals surface area contributed by atoms with Crippen LogP contribution in [0, 0.1) is 5.92 Å². The topological polar surface area (TPSA) is 126 Å². The van der Waals surface area contributed by atoms with Crippen molar-refractivity contribution in [1.82, 2.24) is 10.0 Å². The number of carbonyl (C=O) groups is 2. The molecule has 0 fully saturated rings. The molecule has 1 atom stereocenters. The van der Waals surface area contributed by atoms with Gasteiger partial charge < -0.3 is 14.8 Å². The van der Waals surface area contributed by atoms with Crippen LogP contribution in [0.1, 0.15) is 36.6 Å². The van der Waals surface area contributed by atoms with Gasteiger partial charge in [0.25, 0.3) is 5.91 Å². The lowest BCUT2D eigenvalue weighted by atomic mass is 10.0. The number of carboxylic acids is 1. The molecule has 0 aromatic carbocycles. The van der Waals surface area contributed by atoms with Gasteiger partial charge in [-0.1, -0.05) is 13.8 Å². The number of amides is 1. The van der Waals surface area contributed by atoms with Crippen molar-refractivity contribution in [2.45, 2.75) is 32.9 Å². The zero-order valence-corrected chi connectivity index (χ0v) is 13.4. The predicted octanol–water partition coefficient (Wildman–Crippen LogP) is 0.558. The molecule has 1 aromatic heterocycles. The Morgan fingerprint density at radius 1 is 1.32 bits per heavy atom. The minimum Gasteiger partial charge on any atom is -0.480 e. The first-order valence-electron chi connectivity index (χ1n) is 6.65. The standard InChI is InChI=1S/C13H20N2O6S/c1-8(2)6-10(13(17)18)15-12(16)11-5-4-9(21-11)7-14-22(3,19)20/h4-5,8,10,14H,6-7H2,1-3H3,(H,15,16)(H,17,18)/t10-/m1/s1. The van der Waals surface area contributed by atoms with Crippen LogP contribution >= 0.6 is 0 Å². The summed E-state index contributed by atoms with van der Waals surface area (Å²) in [5.74, 6) is -1.48. The third-order valence-corrected chi connectivity index (χ3v) is 3.37. The fraction of sp³-hybridized carbons (Fsp3) is 0.538. The molecule has 8 nitrogen and oxygen atoms in total. The van der Waals surface area contributed by atoms with Crippen LogP contribution in [0.25, 0.3) is 0 Å². The van der Waals surface area contributed by atoms with Crippen molar-refractivity contribution < 1.29 is 27.5 Å². The lowest BCUT2D eigenvalue weighted by Crippen LogP contribution is -2.41. The van der Waals surface area contributed by atoms with E-state index in [1.807, 2.05) is 13.8 Å². The van der Waals surface area contributed by atoms with Crippen molar-refractivity contribution in [3.63, 3.8) is 0 Å². The maximum atomic E-state index is 11.9. The van der Waals surface area contributed by atoms with Gasteiger partial charge in [-0.2, -0.15) is 0 Å². The third kappa shape index (κ3) is 6.27. The molecule has 0 aliphatic carbocycles. The minimum atomic E-state index is -3.37. The largest absolute Gasteiger partial charge is 0.480 e. The highest BCUT2D eigenvalue weighted by Gasteiger charge is 2.23. The van der Waals surface area contributed by atoms with Gasteiger partial charge in [0.15, 0.2) is 5.76 Å². The molecule has 0 spiro atoms. The SMILES string of the molecule is CC(C)C[C@@H](NC(=O)c1ccc(CNS(C)(=O)=O)o1)C(=O)O. The van der Waals surface area contributed by atoms with Crippen LogP contribution in [-0.4, -0.2) is 37.7 Å². The average Bonchev–Trinajstić information content (AvgIpc) is 2.82. The van der Waals surface area contributed by atoms with Gasteiger partial charge >= 0.3 is 5.97 Å². The molecule has 0 unspecified atom stereocenters. The quantitative estimate of drug-likeness (QED) is 0.638. The Labute approximate surface area is 128 Å². The summed E-state index contributed by atoms with van der Waals surface area (Å²) >= 11 is 0. The highest BCUT2D eigenvalue weighted by atomic mass is 32.2. The highest BCUT2D eigenvalue weighted by molar-refractivity contribution is 7.88. The van der Waals surface area contributed by atoms with Crippen LogP contribution in [0.5, 0.6) is 0 Å². The summed E-state index contributed by atoms with van der Waals surface area (Å²) in [6.07, 6.45) is 1.30. The summed E-state index contributed by atoms with van der Waals surface area (Å²) in [6, 6.07) is 1.81. The first-order valence-corrected chi connectivity index (χ1v) is 8.54. The van der Waals surface area contributed by atoms with E-state index in [1.165, 1.54) is 12.1 Å². The molecule has 1 rings (SSSR count). The Morgan fingerprint density at radius 2 is 1.95 bits per heavy atom. The Balaban J connectivity index is 2.69. The zero-order valence-electron chi connectivity index (χ0n) is 12.6. The Bertz CT molecular complexity index is 635. The van der Waals surface area contributed by atoms with Crippen molar-refractivity contribution in [3.8, 4) is 0 Å². The lowest BCUT2D eigenvalue weighted by molar-refractivity contribution is -0.139. The van der Waals surface area contributed by atoms with E-state index >= 15 is 0 Å². The summed E-state index contributed by atoms with van der Waals surface area (Å²) in [7, 11) is -3.37. The molecule has 3 N–H and O–H groups in total. The van der Waals surface area contributed by atoms with Gasteiger partial charge in [0.2, 0.25) is 10.0 Å². The maximum Gasteiger partial charge on any atom is 0.326 e. The molecule has 124 valence electrons. The summed E-state index contributed by atoms with van der Waals surface area (Å²) in [5, 5.41) is 11.5. The lowest BCUT2D eigenvalue weighted by Gasteiger charge is -2.15. The second kappa shape index (κ2) is 7.41. The highest BCUT2D eigenvalue weighted by Crippen LogP contribution is 2.10. The number of carboxylic acid groups (broad SMARTS) is 1.